The van der Waals surface area contributed by atoms with Crippen LogP contribution in [0, 0.1) is 0 Å². The Bertz CT molecular complexity index is 1690. The summed E-state index contributed by atoms with van der Waals surface area (Å²) < 4.78 is 0. The Morgan fingerprint density at radius 2 is 0.806 bits per heavy atom. The highest BCUT2D eigenvalue weighted by Crippen LogP contribution is 2.42. The van der Waals surface area contributed by atoms with Crippen LogP contribution in [0.15, 0.2) is 129 Å². The summed E-state index contributed by atoms with van der Waals surface area (Å²) in [6.07, 6.45) is 0. The van der Waals surface area contributed by atoms with Crippen molar-refractivity contribution in [1.82, 2.24) is 9.97 Å². The average molecular weight is 505 g/mol. The van der Waals surface area contributed by atoms with E-state index in [4.69, 9.17) is 0 Å². The van der Waals surface area contributed by atoms with Gasteiger partial charge >= 0.3 is 0 Å². The van der Waals surface area contributed by atoms with Gasteiger partial charge < -0.3 is 9.97 Å². The lowest BCUT2D eigenvalue weighted by Gasteiger charge is -2.13. The molecule has 0 aliphatic heterocycles. The molecule has 2 heterocycles. The maximum atomic E-state index is 13.7. The van der Waals surface area contributed by atoms with E-state index < -0.39 is 0 Å². The number of benzene rings is 4. The van der Waals surface area contributed by atoms with Crippen molar-refractivity contribution in [3.63, 3.8) is 0 Å². The zero-order valence-corrected chi connectivity index (χ0v) is 20.7. The lowest BCUT2D eigenvalue weighted by atomic mass is 10.1. The van der Waals surface area contributed by atoms with Crippen LogP contribution in [0.1, 0.15) is 0 Å². The van der Waals surface area contributed by atoms with Crippen LogP contribution in [0.3, 0.4) is 0 Å². The Morgan fingerprint density at radius 1 is 0.444 bits per heavy atom. The lowest BCUT2D eigenvalue weighted by Crippen LogP contribution is -2.10. The summed E-state index contributed by atoms with van der Waals surface area (Å²) in [6.45, 7) is 0. The Hall–Kier alpha value is -4.00. The summed E-state index contributed by atoms with van der Waals surface area (Å²) in [5.41, 5.74) is 4.77. The number of hydrogen-bond acceptors (Lipinski definition) is 4. The van der Waals surface area contributed by atoms with Crippen LogP contribution in [0.4, 0.5) is 0 Å². The molecule has 0 aliphatic rings. The van der Waals surface area contributed by atoms with E-state index in [1.165, 1.54) is 21.6 Å². The molecule has 0 aliphatic carbocycles. The number of aromatic amines is 2. The molecule has 4 nitrogen and oxygen atoms in total. The maximum absolute atomic E-state index is 13.7. The van der Waals surface area contributed by atoms with Gasteiger partial charge in [-0.1, -0.05) is 84.9 Å². The van der Waals surface area contributed by atoms with Gasteiger partial charge in [0.05, 0.1) is 21.2 Å². The third-order valence-electron chi connectivity index (χ3n) is 6.06. The first-order chi connectivity index (χ1) is 17.7. The fourth-order valence-corrected chi connectivity index (χ4v) is 6.79. The molecule has 0 atom stereocenters. The fraction of sp³-hybridized carbons (Fsp3) is 0. The van der Waals surface area contributed by atoms with E-state index >= 15 is 0 Å². The molecule has 4 aromatic carbocycles. The normalized spacial score (nSPS) is 11.2. The third kappa shape index (κ3) is 4.04. The number of aromatic nitrogens is 2. The molecular formula is C30H20N2O2S2. The highest BCUT2D eigenvalue weighted by molar-refractivity contribution is 8.76. The summed E-state index contributed by atoms with van der Waals surface area (Å²) in [4.78, 5) is 35.4. The van der Waals surface area contributed by atoms with Crippen molar-refractivity contribution < 1.29 is 0 Å². The highest BCUT2D eigenvalue weighted by atomic mass is 33.1. The first kappa shape index (κ1) is 22.5. The van der Waals surface area contributed by atoms with E-state index in [0.29, 0.717) is 20.6 Å². The Kier molecular flexibility index (Phi) is 5.97. The number of hydrogen-bond donors (Lipinski definition) is 2. The summed E-state index contributed by atoms with van der Waals surface area (Å²) >= 11 is 0. The molecule has 0 unspecified atom stereocenters. The third-order valence-corrected chi connectivity index (χ3v) is 8.51. The van der Waals surface area contributed by atoms with Crippen molar-refractivity contribution in [2.75, 3.05) is 0 Å². The van der Waals surface area contributed by atoms with Gasteiger partial charge in [0.25, 0.3) is 0 Å². The van der Waals surface area contributed by atoms with Crippen LogP contribution in [-0.4, -0.2) is 9.97 Å². The number of para-hydroxylation sites is 2. The van der Waals surface area contributed by atoms with Crippen LogP contribution in [0.25, 0.3) is 44.3 Å². The molecule has 0 fully saturated rings. The monoisotopic (exact) mass is 504 g/mol. The van der Waals surface area contributed by atoms with E-state index in [9.17, 15) is 9.59 Å². The minimum atomic E-state index is -0.0563. The van der Waals surface area contributed by atoms with Gasteiger partial charge in [-0.2, -0.15) is 0 Å². The van der Waals surface area contributed by atoms with Gasteiger partial charge in [0.15, 0.2) is 0 Å². The SMILES string of the molecule is O=c1c(SSc2c(-c3ccccc3)[nH]c3ccccc3c2=O)c(-c2ccccc2)[nH]c2ccccc12. The average Bonchev–Trinajstić information content (AvgIpc) is 2.94. The standard InChI is InChI=1S/C30H20N2O2S2/c33-27-21-15-7-9-17-23(21)31-25(19-11-3-1-4-12-19)29(27)35-36-30-26(20-13-5-2-6-14-20)32-24-18-10-8-16-22(24)28(30)34/h1-18H,(H,31,33)(H,32,34). The summed E-state index contributed by atoms with van der Waals surface area (Å²) in [5.74, 6) is 0. The van der Waals surface area contributed by atoms with Crippen LogP contribution in [0.2, 0.25) is 0 Å². The van der Waals surface area contributed by atoms with Crippen molar-refractivity contribution in [2.45, 2.75) is 9.79 Å². The number of fused-ring (bicyclic) bond motifs is 2. The lowest BCUT2D eigenvalue weighted by molar-refractivity contribution is 1.26. The Balaban J connectivity index is 1.53. The summed E-state index contributed by atoms with van der Waals surface area (Å²) in [5, 5.41) is 1.24. The summed E-state index contributed by atoms with van der Waals surface area (Å²) in [6, 6.07) is 34.6. The van der Waals surface area contributed by atoms with Gasteiger partial charge in [0.2, 0.25) is 10.9 Å². The molecule has 0 bridgehead atoms. The van der Waals surface area contributed by atoms with Crippen molar-refractivity contribution >= 4 is 43.4 Å². The van der Waals surface area contributed by atoms with Gasteiger partial charge in [-0.25, -0.2) is 0 Å². The first-order valence-electron chi connectivity index (χ1n) is 11.5. The van der Waals surface area contributed by atoms with Crippen molar-refractivity contribution in [3.05, 3.63) is 130 Å². The quantitative estimate of drug-likeness (QED) is 0.239. The van der Waals surface area contributed by atoms with Crippen LogP contribution in [-0.2, 0) is 0 Å². The largest absolute Gasteiger partial charge is 0.353 e. The van der Waals surface area contributed by atoms with Crippen LogP contribution < -0.4 is 10.9 Å². The molecule has 0 saturated carbocycles. The number of nitrogens with one attached hydrogen (secondary N) is 2. The van der Waals surface area contributed by atoms with Crippen LogP contribution >= 0.6 is 21.6 Å². The van der Waals surface area contributed by atoms with E-state index in [1.54, 1.807) is 0 Å². The smallest absolute Gasteiger partial charge is 0.204 e. The molecule has 0 radical (unpaired) electrons. The minimum Gasteiger partial charge on any atom is -0.353 e. The van der Waals surface area contributed by atoms with Gasteiger partial charge in [0, 0.05) is 21.8 Å². The molecule has 2 aromatic heterocycles. The second-order valence-electron chi connectivity index (χ2n) is 8.31. The number of rotatable bonds is 5. The summed E-state index contributed by atoms with van der Waals surface area (Å²) in [7, 11) is 2.64. The highest BCUT2D eigenvalue weighted by Gasteiger charge is 2.19. The second kappa shape index (κ2) is 9.57. The Labute approximate surface area is 214 Å². The van der Waals surface area contributed by atoms with E-state index in [2.05, 4.69) is 9.97 Å². The molecule has 0 amide bonds. The molecule has 174 valence electrons. The second-order valence-corrected chi connectivity index (χ2v) is 10.5. The molecule has 36 heavy (non-hydrogen) atoms. The van der Waals surface area contributed by atoms with E-state index in [1.807, 2.05) is 109 Å². The molecule has 6 rings (SSSR count). The van der Waals surface area contributed by atoms with Gasteiger partial charge in [-0.05, 0) is 57.0 Å². The zero-order valence-electron chi connectivity index (χ0n) is 19.0. The predicted molar refractivity (Wildman–Crippen MR) is 152 cm³/mol. The fourth-order valence-electron chi connectivity index (χ4n) is 4.29. The predicted octanol–water partition coefficient (Wildman–Crippen LogP) is 7.50. The Morgan fingerprint density at radius 3 is 1.22 bits per heavy atom. The molecule has 2 N–H and O–H groups in total. The first-order valence-corrected chi connectivity index (χ1v) is 13.6. The number of H-pyrrole nitrogens is 2. The maximum Gasteiger partial charge on any atom is 0.204 e. The van der Waals surface area contributed by atoms with Gasteiger partial charge in [-0.3, -0.25) is 9.59 Å². The topological polar surface area (TPSA) is 65.7 Å². The van der Waals surface area contributed by atoms with Crippen molar-refractivity contribution in [3.8, 4) is 22.5 Å². The van der Waals surface area contributed by atoms with Crippen LogP contribution in [0.5, 0.6) is 0 Å². The van der Waals surface area contributed by atoms with Crippen molar-refractivity contribution in [2.24, 2.45) is 0 Å². The molecule has 0 saturated heterocycles. The van der Waals surface area contributed by atoms with E-state index in [-0.39, 0.29) is 10.9 Å². The molecule has 0 spiro atoms. The minimum absolute atomic E-state index is 0.0563. The van der Waals surface area contributed by atoms with Gasteiger partial charge in [0.1, 0.15) is 0 Å². The molecule has 6 aromatic rings. The van der Waals surface area contributed by atoms with E-state index in [0.717, 1.165) is 33.5 Å². The van der Waals surface area contributed by atoms with Crippen molar-refractivity contribution in [1.29, 1.82) is 0 Å². The molecule has 6 heteroatoms. The zero-order chi connectivity index (χ0) is 24.5. The van der Waals surface area contributed by atoms with Gasteiger partial charge in [-0.15, -0.1) is 0 Å². The molecular weight excluding hydrogens is 484 g/mol. The number of pyridine rings is 2.